The fourth-order valence-corrected chi connectivity index (χ4v) is 2.57. The van der Waals surface area contributed by atoms with Gasteiger partial charge in [-0.3, -0.25) is 15.5 Å². The van der Waals surface area contributed by atoms with Gasteiger partial charge in [0.2, 0.25) is 0 Å². The first-order valence-electron chi connectivity index (χ1n) is 7.46. The molecule has 6 nitrogen and oxygen atoms in total. The molecule has 2 N–H and O–H groups in total. The van der Waals surface area contributed by atoms with Crippen LogP contribution in [0.3, 0.4) is 0 Å². The van der Waals surface area contributed by atoms with E-state index in [-0.39, 0.29) is 5.69 Å². The van der Waals surface area contributed by atoms with Gasteiger partial charge in [0.1, 0.15) is 0 Å². The molecule has 0 saturated carbocycles. The van der Waals surface area contributed by atoms with Crippen molar-refractivity contribution in [3.8, 4) is 0 Å². The van der Waals surface area contributed by atoms with E-state index in [1.165, 1.54) is 12.3 Å². The summed E-state index contributed by atoms with van der Waals surface area (Å²) in [5.74, 6) is 0. The Labute approximate surface area is 149 Å². The molecule has 3 aromatic carbocycles. The topological polar surface area (TPSA) is 79.6 Å². The van der Waals surface area contributed by atoms with Crippen LogP contribution in [0.15, 0.2) is 71.8 Å². The van der Waals surface area contributed by atoms with Gasteiger partial charge in [-0.2, -0.15) is 5.10 Å². The molecule has 3 rings (SSSR count). The average Bonchev–Trinajstić information content (AvgIpc) is 2.62. The zero-order valence-corrected chi connectivity index (χ0v) is 13.9. The van der Waals surface area contributed by atoms with Gasteiger partial charge in [0, 0.05) is 17.1 Å². The number of para-hydroxylation sites is 1. The molecule has 0 saturated heterocycles. The predicted molar refractivity (Wildman–Crippen MR) is 104 cm³/mol. The van der Waals surface area contributed by atoms with Crippen LogP contribution in [0, 0.1) is 10.1 Å². The molecule has 25 heavy (non-hydrogen) atoms. The van der Waals surface area contributed by atoms with E-state index < -0.39 is 4.92 Å². The van der Waals surface area contributed by atoms with E-state index in [9.17, 15) is 10.1 Å². The maximum absolute atomic E-state index is 11.0. The van der Waals surface area contributed by atoms with Crippen molar-refractivity contribution in [2.45, 2.75) is 0 Å². The molecule has 0 bridgehead atoms. The Morgan fingerprint density at radius 1 is 1.04 bits per heavy atom. The van der Waals surface area contributed by atoms with Crippen LogP contribution in [0.1, 0.15) is 5.56 Å². The van der Waals surface area contributed by atoms with Crippen molar-refractivity contribution < 1.29 is 4.92 Å². The summed E-state index contributed by atoms with van der Waals surface area (Å²) in [6.07, 6.45) is 1.37. The van der Waals surface area contributed by atoms with E-state index >= 15 is 0 Å². The fraction of sp³-hybridized carbons (Fsp3) is 0. The largest absolute Gasteiger partial charge is 0.331 e. The quantitative estimate of drug-likeness (QED) is 0.321. The summed E-state index contributed by atoms with van der Waals surface area (Å²) in [5.41, 5.74) is 3.92. The number of anilines is 1. The Hall–Kier alpha value is -3.32. The summed E-state index contributed by atoms with van der Waals surface area (Å²) in [7, 11) is 0. The molecule has 0 amide bonds. The molecule has 0 aliphatic heterocycles. The molecule has 0 atom stereocenters. The van der Waals surface area contributed by atoms with Crippen molar-refractivity contribution >= 4 is 45.7 Å². The van der Waals surface area contributed by atoms with Crippen LogP contribution in [0.25, 0.3) is 10.8 Å². The van der Waals surface area contributed by atoms with Gasteiger partial charge in [-0.05, 0) is 29.7 Å². The zero-order chi connectivity index (χ0) is 17.6. The van der Waals surface area contributed by atoms with E-state index in [0.717, 1.165) is 16.5 Å². The fourth-order valence-electron chi connectivity index (χ4n) is 2.41. The van der Waals surface area contributed by atoms with Crippen LogP contribution in [0.2, 0.25) is 0 Å². The minimum absolute atomic E-state index is 0.0130. The average molecular weight is 350 g/mol. The van der Waals surface area contributed by atoms with Gasteiger partial charge < -0.3 is 5.32 Å². The third-order valence-electron chi connectivity index (χ3n) is 3.54. The highest BCUT2D eigenvalue weighted by Crippen LogP contribution is 2.22. The number of hydrogen-bond donors (Lipinski definition) is 2. The minimum atomic E-state index is -0.450. The normalized spacial score (nSPS) is 10.7. The molecule has 0 aliphatic rings. The number of thiocarbonyl (C=S) groups is 1. The van der Waals surface area contributed by atoms with Crippen molar-refractivity contribution in [1.82, 2.24) is 5.43 Å². The molecule has 0 radical (unpaired) electrons. The third kappa shape index (κ3) is 3.96. The molecule has 7 heteroatoms. The Balaban J connectivity index is 1.70. The molecule has 0 aromatic heterocycles. The summed E-state index contributed by atoms with van der Waals surface area (Å²) in [5, 5.41) is 20.5. The summed E-state index contributed by atoms with van der Waals surface area (Å²) < 4.78 is 0. The maximum Gasteiger partial charge on any atom is 0.278 e. The van der Waals surface area contributed by atoms with Crippen LogP contribution < -0.4 is 10.7 Å². The number of hydrogen-bond acceptors (Lipinski definition) is 4. The number of nitrogens with one attached hydrogen (secondary N) is 2. The number of rotatable bonds is 4. The van der Waals surface area contributed by atoms with Gasteiger partial charge >= 0.3 is 0 Å². The highest BCUT2D eigenvalue weighted by molar-refractivity contribution is 7.80. The molecule has 0 heterocycles. The van der Waals surface area contributed by atoms with Crippen molar-refractivity contribution in [2.75, 3.05) is 5.32 Å². The monoisotopic (exact) mass is 350 g/mol. The lowest BCUT2D eigenvalue weighted by molar-refractivity contribution is -0.385. The Bertz CT molecular complexity index is 967. The van der Waals surface area contributed by atoms with Crippen LogP contribution in [-0.2, 0) is 0 Å². The van der Waals surface area contributed by atoms with E-state index in [1.54, 1.807) is 18.2 Å². The molecular formula is C18H14N4O2S. The summed E-state index contributed by atoms with van der Waals surface area (Å²) in [4.78, 5) is 10.5. The first-order chi connectivity index (χ1) is 12.1. The lowest BCUT2D eigenvalue weighted by atomic mass is 10.1. The number of hydrazone groups is 1. The number of nitro benzene ring substituents is 1. The number of fused-ring (bicyclic) bond motifs is 1. The van der Waals surface area contributed by atoms with Gasteiger partial charge in [-0.15, -0.1) is 0 Å². The van der Waals surface area contributed by atoms with E-state index in [4.69, 9.17) is 12.2 Å². The van der Waals surface area contributed by atoms with Gasteiger partial charge in [0.25, 0.3) is 5.69 Å². The second-order valence-electron chi connectivity index (χ2n) is 5.17. The van der Waals surface area contributed by atoms with Gasteiger partial charge in [0.05, 0.1) is 16.7 Å². The molecule has 0 fully saturated rings. The van der Waals surface area contributed by atoms with Crippen molar-refractivity contribution in [1.29, 1.82) is 0 Å². The molecule has 0 aliphatic carbocycles. The SMILES string of the molecule is O=[N+]([O-])c1ccccc1/C=N/NC(=S)Nc1cccc2ccccc12. The standard InChI is InChI=1S/C18H14N4O2S/c23-22(24)17-11-4-2-7-14(17)12-19-21-18(25)20-16-10-5-8-13-6-1-3-9-15(13)16/h1-12H,(H2,20,21,25)/b19-12+. The lowest BCUT2D eigenvalue weighted by Crippen LogP contribution is -2.24. The Morgan fingerprint density at radius 2 is 1.76 bits per heavy atom. The number of nitrogens with zero attached hydrogens (tertiary/aromatic N) is 2. The van der Waals surface area contributed by atoms with Gasteiger partial charge in [0.15, 0.2) is 5.11 Å². The second kappa shape index (κ2) is 7.50. The highest BCUT2D eigenvalue weighted by Gasteiger charge is 2.09. The van der Waals surface area contributed by atoms with Crippen LogP contribution in [0.4, 0.5) is 11.4 Å². The van der Waals surface area contributed by atoms with Crippen molar-refractivity contribution in [3.05, 3.63) is 82.4 Å². The molecular weight excluding hydrogens is 336 g/mol. The number of benzene rings is 3. The summed E-state index contributed by atoms with van der Waals surface area (Å²) in [6.45, 7) is 0. The third-order valence-corrected chi connectivity index (χ3v) is 3.73. The molecule has 124 valence electrons. The Morgan fingerprint density at radius 3 is 2.60 bits per heavy atom. The smallest absolute Gasteiger partial charge is 0.278 e. The van der Waals surface area contributed by atoms with Crippen molar-refractivity contribution in [2.24, 2.45) is 5.10 Å². The highest BCUT2D eigenvalue weighted by atomic mass is 32.1. The minimum Gasteiger partial charge on any atom is -0.331 e. The Kier molecular flexibility index (Phi) is 4.96. The van der Waals surface area contributed by atoms with Crippen LogP contribution in [-0.4, -0.2) is 16.3 Å². The van der Waals surface area contributed by atoms with Gasteiger partial charge in [-0.25, -0.2) is 0 Å². The zero-order valence-electron chi connectivity index (χ0n) is 13.0. The molecule has 3 aromatic rings. The van der Waals surface area contributed by atoms with E-state index in [1.807, 2.05) is 42.5 Å². The van der Waals surface area contributed by atoms with Crippen molar-refractivity contribution in [3.63, 3.8) is 0 Å². The summed E-state index contributed by atoms with van der Waals surface area (Å²) >= 11 is 5.23. The number of nitro groups is 1. The summed E-state index contributed by atoms with van der Waals surface area (Å²) in [6, 6.07) is 20.2. The molecule has 0 unspecified atom stereocenters. The molecule has 0 spiro atoms. The first kappa shape index (κ1) is 16.5. The van der Waals surface area contributed by atoms with Crippen LogP contribution >= 0.6 is 12.2 Å². The predicted octanol–water partition coefficient (Wildman–Crippen LogP) is 4.07. The van der Waals surface area contributed by atoms with Crippen LogP contribution in [0.5, 0.6) is 0 Å². The maximum atomic E-state index is 11.0. The lowest BCUT2D eigenvalue weighted by Gasteiger charge is -2.10. The second-order valence-corrected chi connectivity index (χ2v) is 5.58. The van der Waals surface area contributed by atoms with E-state index in [2.05, 4.69) is 15.8 Å². The van der Waals surface area contributed by atoms with E-state index in [0.29, 0.717) is 10.7 Å². The first-order valence-corrected chi connectivity index (χ1v) is 7.87. The van der Waals surface area contributed by atoms with Gasteiger partial charge in [-0.1, -0.05) is 48.5 Å².